The predicted octanol–water partition coefficient (Wildman–Crippen LogP) is 3.06. The van der Waals surface area contributed by atoms with E-state index in [1.165, 1.54) is 19.1 Å². The van der Waals surface area contributed by atoms with Crippen molar-refractivity contribution in [1.29, 1.82) is 0 Å². The predicted molar refractivity (Wildman–Crippen MR) is 60.3 cm³/mol. The van der Waals surface area contributed by atoms with E-state index >= 15 is 0 Å². The molecule has 0 N–H and O–H groups in total. The van der Waals surface area contributed by atoms with Crippen molar-refractivity contribution in [3.63, 3.8) is 0 Å². The summed E-state index contributed by atoms with van der Waals surface area (Å²) >= 11 is 0. The Labute approximate surface area is 91.3 Å². The maximum absolute atomic E-state index is 10.6. The van der Waals surface area contributed by atoms with Crippen molar-refractivity contribution in [1.82, 2.24) is 0 Å². The number of ether oxygens (including phenoxy) is 1. The van der Waals surface area contributed by atoms with Crippen LogP contribution in [-0.2, 0) is 14.9 Å². The van der Waals surface area contributed by atoms with Crippen molar-refractivity contribution in [3.05, 3.63) is 42.0 Å². The molecule has 0 aliphatic rings. The minimum Gasteiger partial charge on any atom is -0.453 e. The van der Waals surface area contributed by atoms with Crippen LogP contribution in [0.5, 0.6) is 0 Å². The zero-order valence-corrected chi connectivity index (χ0v) is 9.70. The fourth-order valence-electron chi connectivity index (χ4n) is 1.21. The molecule has 0 aliphatic carbocycles. The molecule has 0 saturated heterocycles. The highest BCUT2D eigenvalue weighted by Gasteiger charge is 2.12. The number of carbonyl (C=O) groups is 1. The minimum absolute atomic E-state index is 0.153. The van der Waals surface area contributed by atoms with Gasteiger partial charge in [-0.05, 0) is 16.5 Å². The van der Waals surface area contributed by atoms with Crippen molar-refractivity contribution in [2.75, 3.05) is 0 Å². The summed E-state index contributed by atoms with van der Waals surface area (Å²) in [6.07, 6.45) is 0. The van der Waals surface area contributed by atoms with Crippen LogP contribution in [-0.4, -0.2) is 5.97 Å². The summed E-state index contributed by atoms with van der Waals surface area (Å²) in [5.41, 5.74) is 2.32. The highest BCUT2D eigenvalue weighted by atomic mass is 16.5. The Morgan fingerprint density at radius 2 is 1.73 bits per heavy atom. The third kappa shape index (κ3) is 3.74. The molecule has 15 heavy (non-hydrogen) atoms. The van der Waals surface area contributed by atoms with Crippen LogP contribution in [0.1, 0.15) is 38.8 Å². The Morgan fingerprint density at radius 1 is 1.20 bits per heavy atom. The van der Waals surface area contributed by atoms with Crippen LogP contribution in [0.25, 0.3) is 0 Å². The quantitative estimate of drug-likeness (QED) is 0.694. The van der Waals surface area contributed by atoms with E-state index in [4.69, 9.17) is 4.74 Å². The molecule has 0 heterocycles. The van der Waals surface area contributed by atoms with Crippen molar-refractivity contribution in [2.45, 2.75) is 33.1 Å². The average molecular weight is 205 g/mol. The van der Waals surface area contributed by atoms with Gasteiger partial charge in [-0.3, -0.25) is 4.79 Å². The highest BCUT2D eigenvalue weighted by Crippen LogP contribution is 2.22. The van der Waals surface area contributed by atoms with Gasteiger partial charge >= 0.3 is 5.97 Å². The Kier molecular flexibility index (Phi) is 3.51. The van der Waals surface area contributed by atoms with E-state index in [1.807, 2.05) is 12.1 Å². The van der Waals surface area contributed by atoms with E-state index in [-0.39, 0.29) is 11.4 Å². The van der Waals surface area contributed by atoms with Gasteiger partial charge in [0.1, 0.15) is 0 Å². The molecule has 81 valence electrons. The van der Waals surface area contributed by atoms with Gasteiger partial charge in [0, 0.05) is 6.92 Å². The maximum Gasteiger partial charge on any atom is 0.303 e. The number of esters is 1. The molecule has 0 atom stereocenters. The summed E-state index contributed by atoms with van der Waals surface area (Å²) in [5, 5.41) is 0. The zero-order chi connectivity index (χ0) is 11.5. The smallest absolute Gasteiger partial charge is 0.303 e. The summed E-state index contributed by atoms with van der Waals surface area (Å²) in [4.78, 5) is 10.6. The zero-order valence-electron chi connectivity index (χ0n) is 9.70. The Bertz CT molecular complexity index is 331. The molecule has 1 rings (SSSR count). The van der Waals surface area contributed by atoms with E-state index < -0.39 is 0 Å². The number of hydrogen-bond donors (Lipinski definition) is 0. The van der Waals surface area contributed by atoms with Crippen molar-refractivity contribution >= 4 is 5.97 Å². The van der Waals surface area contributed by atoms with Gasteiger partial charge in [0.15, 0.2) is 6.61 Å². The second-order valence-electron chi connectivity index (χ2n) is 4.60. The normalized spacial score (nSPS) is 11.2. The molecule has 2 heteroatoms. The molecule has 1 radical (unpaired) electrons. The number of hydrogen-bond acceptors (Lipinski definition) is 2. The Morgan fingerprint density at radius 3 is 2.13 bits per heavy atom. The lowest BCUT2D eigenvalue weighted by Crippen LogP contribution is -2.10. The third-order valence-electron chi connectivity index (χ3n) is 2.14. The average Bonchev–Trinajstić information content (AvgIpc) is 2.14. The second kappa shape index (κ2) is 4.47. The van der Waals surface area contributed by atoms with Crippen LogP contribution in [0.15, 0.2) is 24.3 Å². The van der Waals surface area contributed by atoms with Crippen LogP contribution >= 0.6 is 0 Å². The number of carbonyl (C=O) groups excluding carboxylic acids is 1. The van der Waals surface area contributed by atoms with Gasteiger partial charge in [-0.25, -0.2) is 0 Å². The fraction of sp³-hybridized carbons (Fsp3) is 0.385. The monoisotopic (exact) mass is 205 g/mol. The van der Waals surface area contributed by atoms with E-state index in [2.05, 4.69) is 32.9 Å². The largest absolute Gasteiger partial charge is 0.453 e. The Hall–Kier alpha value is -1.31. The molecule has 0 saturated carbocycles. The van der Waals surface area contributed by atoms with Crippen molar-refractivity contribution in [2.24, 2.45) is 0 Å². The molecule has 0 fully saturated rings. The maximum atomic E-state index is 10.6. The van der Waals surface area contributed by atoms with Crippen LogP contribution < -0.4 is 0 Å². The van der Waals surface area contributed by atoms with Gasteiger partial charge in [-0.2, -0.15) is 0 Å². The fourth-order valence-corrected chi connectivity index (χ4v) is 1.21. The molecule has 0 spiro atoms. The minimum atomic E-state index is -0.296. The first kappa shape index (κ1) is 11.8. The van der Waals surface area contributed by atoms with Gasteiger partial charge in [-0.1, -0.05) is 45.0 Å². The first-order valence-electron chi connectivity index (χ1n) is 5.00. The molecular formula is C13H17O2. The lowest BCUT2D eigenvalue weighted by molar-refractivity contribution is -0.137. The van der Waals surface area contributed by atoms with Gasteiger partial charge < -0.3 is 4.74 Å². The van der Waals surface area contributed by atoms with Crippen LogP contribution in [0.2, 0.25) is 0 Å². The van der Waals surface area contributed by atoms with E-state index in [0.29, 0.717) is 0 Å². The summed E-state index contributed by atoms with van der Waals surface area (Å²) in [5.74, 6) is -0.296. The van der Waals surface area contributed by atoms with Crippen LogP contribution in [0.3, 0.4) is 0 Å². The van der Waals surface area contributed by atoms with Crippen LogP contribution in [0, 0.1) is 6.61 Å². The first-order valence-corrected chi connectivity index (χ1v) is 5.00. The molecule has 0 aromatic heterocycles. The second-order valence-corrected chi connectivity index (χ2v) is 4.60. The highest BCUT2D eigenvalue weighted by molar-refractivity contribution is 5.66. The molecule has 1 aromatic rings. The lowest BCUT2D eigenvalue weighted by atomic mass is 9.87. The van der Waals surface area contributed by atoms with Gasteiger partial charge in [-0.15, -0.1) is 0 Å². The van der Waals surface area contributed by atoms with E-state index in [9.17, 15) is 4.79 Å². The molecule has 0 bridgehead atoms. The molecule has 0 amide bonds. The SMILES string of the molecule is CC(=O)O[CH]c1ccc(C(C)(C)C)cc1. The summed E-state index contributed by atoms with van der Waals surface area (Å²) in [6.45, 7) is 9.35. The first-order chi connectivity index (χ1) is 6.89. The molecule has 0 unspecified atom stereocenters. The summed E-state index contributed by atoms with van der Waals surface area (Å²) in [6, 6.07) is 8.00. The van der Waals surface area contributed by atoms with Gasteiger partial charge in [0.25, 0.3) is 0 Å². The molecular weight excluding hydrogens is 188 g/mol. The third-order valence-corrected chi connectivity index (χ3v) is 2.14. The van der Waals surface area contributed by atoms with E-state index in [0.717, 1.165) is 5.56 Å². The molecule has 0 aliphatic heterocycles. The number of rotatable bonds is 2. The van der Waals surface area contributed by atoms with Crippen molar-refractivity contribution in [3.8, 4) is 0 Å². The van der Waals surface area contributed by atoms with E-state index in [1.54, 1.807) is 0 Å². The lowest BCUT2D eigenvalue weighted by Gasteiger charge is -2.18. The topological polar surface area (TPSA) is 26.3 Å². The summed E-state index contributed by atoms with van der Waals surface area (Å²) < 4.78 is 4.79. The standard InChI is InChI=1S/C13H17O2/c1-10(14)15-9-11-5-7-12(8-6-11)13(2,3)4/h5-9H,1-4H3. The van der Waals surface area contributed by atoms with Crippen molar-refractivity contribution < 1.29 is 9.53 Å². The number of benzene rings is 1. The molecule has 2 nitrogen and oxygen atoms in total. The summed E-state index contributed by atoms with van der Waals surface area (Å²) in [7, 11) is 0. The van der Waals surface area contributed by atoms with Crippen LogP contribution in [0.4, 0.5) is 0 Å². The molecule has 1 aromatic carbocycles. The Balaban J connectivity index is 2.69. The van der Waals surface area contributed by atoms with Gasteiger partial charge in [0.05, 0.1) is 0 Å². The van der Waals surface area contributed by atoms with Gasteiger partial charge in [0.2, 0.25) is 0 Å².